The number of nitrogens with one attached hydrogen (secondary N) is 2. The van der Waals surface area contributed by atoms with E-state index in [1.54, 1.807) is 13.0 Å². The fraction of sp³-hybridized carbons (Fsp3) is 0.438. The number of halogens is 1. The summed E-state index contributed by atoms with van der Waals surface area (Å²) in [6, 6.07) is 3.20. The monoisotopic (exact) mass is 448 g/mol. The summed E-state index contributed by atoms with van der Waals surface area (Å²) in [5.74, 6) is -2.90. The number of hydrogen-bond donors (Lipinski definition) is 4. The zero-order chi connectivity index (χ0) is 18.3. The second kappa shape index (κ2) is 9.58. The van der Waals surface area contributed by atoms with Gasteiger partial charge in [-0.1, -0.05) is 19.9 Å². The molecule has 1 aromatic rings. The van der Waals surface area contributed by atoms with Gasteiger partial charge in [-0.3, -0.25) is 19.7 Å². The van der Waals surface area contributed by atoms with Gasteiger partial charge in [0.25, 0.3) is 0 Å². The third kappa shape index (κ3) is 6.08. The van der Waals surface area contributed by atoms with Crippen LogP contribution in [0, 0.1) is 3.57 Å². The summed E-state index contributed by atoms with van der Waals surface area (Å²) >= 11 is 2.17. The maximum atomic E-state index is 12.1. The molecule has 0 radical (unpaired) electrons. The van der Waals surface area contributed by atoms with Crippen LogP contribution in [0.1, 0.15) is 32.3 Å². The van der Waals surface area contributed by atoms with Crippen molar-refractivity contribution in [2.24, 2.45) is 0 Å². The minimum absolute atomic E-state index is 0.220. The molecule has 8 heteroatoms. The number of aliphatic carboxylic acids is 2. The van der Waals surface area contributed by atoms with E-state index in [1.807, 2.05) is 19.1 Å². The normalized spacial score (nSPS) is 13.1. The van der Waals surface area contributed by atoms with Crippen molar-refractivity contribution in [2.75, 3.05) is 5.32 Å². The van der Waals surface area contributed by atoms with Crippen LogP contribution in [0.5, 0.6) is 0 Å². The van der Waals surface area contributed by atoms with E-state index in [-0.39, 0.29) is 12.8 Å². The van der Waals surface area contributed by atoms with Gasteiger partial charge in [-0.25, -0.2) is 0 Å². The number of benzene rings is 1. The van der Waals surface area contributed by atoms with Crippen LogP contribution in [0.2, 0.25) is 0 Å². The fourth-order valence-electron chi connectivity index (χ4n) is 2.13. The van der Waals surface area contributed by atoms with Crippen LogP contribution in [0.15, 0.2) is 18.2 Å². The Kier molecular flexibility index (Phi) is 8.13. The van der Waals surface area contributed by atoms with Gasteiger partial charge in [-0.05, 0) is 53.1 Å². The molecule has 0 spiro atoms. The van der Waals surface area contributed by atoms with Gasteiger partial charge in [0.15, 0.2) is 0 Å². The first-order chi connectivity index (χ1) is 11.3. The molecule has 132 valence electrons. The Balaban J connectivity index is 2.73. The third-order valence-corrected chi connectivity index (χ3v) is 4.52. The molecule has 0 aromatic heterocycles. The van der Waals surface area contributed by atoms with Crippen molar-refractivity contribution in [1.29, 1.82) is 0 Å². The minimum Gasteiger partial charge on any atom is -0.480 e. The lowest BCUT2D eigenvalue weighted by Crippen LogP contribution is -2.48. The van der Waals surface area contributed by atoms with Gasteiger partial charge in [0.2, 0.25) is 5.91 Å². The molecule has 0 aliphatic heterocycles. The molecule has 2 unspecified atom stereocenters. The van der Waals surface area contributed by atoms with Crippen LogP contribution in [0.4, 0.5) is 5.69 Å². The molecule has 0 fully saturated rings. The predicted molar refractivity (Wildman–Crippen MR) is 98.1 cm³/mol. The quantitative estimate of drug-likeness (QED) is 0.430. The van der Waals surface area contributed by atoms with Crippen LogP contribution in [0.3, 0.4) is 0 Å². The number of carboxylic acid groups (broad SMARTS) is 2. The van der Waals surface area contributed by atoms with Crippen LogP contribution in [0.25, 0.3) is 0 Å². The average molecular weight is 448 g/mol. The molecule has 0 aliphatic rings. The molecule has 2 atom stereocenters. The largest absolute Gasteiger partial charge is 0.480 e. The van der Waals surface area contributed by atoms with E-state index in [2.05, 4.69) is 33.2 Å². The number of aryl methyl sites for hydroxylation is 1. The highest BCUT2D eigenvalue weighted by Gasteiger charge is 2.26. The van der Waals surface area contributed by atoms with Gasteiger partial charge in [-0.15, -0.1) is 0 Å². The molecule has 1 rings (SSSR count). The lowest BCUT2D eigenvalue weighted by Gasteiger charge is -2.19. The number of hydrogen-bond acceptors (Lipinski definition) is 4. The van der Waals surface area contributed by atoms with Gasteiger partial charge in [0.1, 0.15) is 12.1 Å². The molecule has 1 amide bonds. The van der Waals surface area contributed by atoms with Gasteiger partial charge >= 0.3 is 11.9 Å². The van der Waals surface area contributed by atoms with Crippen LogP contribution in [-0.4, -0.2) is 40.1 Å². The number of anilines is 1. The summed E-state index contributed by atoms with van der Waals surface area (Å²) in [4.78, 5) is 34.3. The van der Waals surface area contributed by atoms with Crippen LogP contribution < -0.4 is 10.6 Å². The van der Waals surface area contributed by atoms with E-state index in [0.717, 1.165) is 15.6 Å². The summed E-state index contributed by atoms with van der Waals surface area (Å²) < 4.78 is 1.01. The van der Waals surface area contributed by atoms with Crippen molar-refractivity contribution in [3.63, 3.8) is 0 Å². The average Bonchev–Trinajstić information content (AvgIpc) is 2.50. The summed E-state index contributed by atoms with van der Waals surface area (Å²) in [5.41, 5.74) is 1.74. The maximum absolute atomic E-state index is 12.1. The summed E-state index contributed by atoms with van der Waals surface area (Å²) in [6.07, 6.45) is 0.744. The van der Waals surface area contributed by atoms with Crippen molar-refractivity contribution >= 4 is 46.1 Å². The minimum atomic E-state index is -1.26. The van der Waals surface area contributed by atoms with Gasteiger partial charge in [0, 0.05) is 9.26 Å². The Morgan fingerprint density at radius 1 is 1.12 bits per heavy atom. The fourth-order valence-corrected chi connectivity index (χ4v) is 3.03. The third-order valence-electron chi connectivity index (χ3n) is 3.51. The van der Waals surface area contributed by atoms with E-state index in [4.69, 9.17) is 5.11 Å². The second-order valence-corrected chi connectivity index (χ2v) is 6.43. The molecule has 0 saturated heterocycles. The SMILES string of the molecule is CCc1ccc(NC(=O)CC(NC(CC)C(=O)O)C(=O)O)cc1I. The molecule has 0 heterocycles. The Labute approximate surface area is 154 Å². The zero-order valence-electron chi connectivity index (χ0n) is 13.5. The smallest absolute Gasteiger partial charge is 0.321 e. The van der Waals surface area contributed by atoms with Crippen molar-refractivity contribution in [2.45, 2.75) is 45.2 Å². The standard InChI is InChI=1S/C16H21IN2O5/c1-3-9-5-6-10(7-11(9)17)18-14(20)8-13(16(23)24)19-12(4-2)15(21)22/h5-7,12-13,19H,3-4,8H2,1-2H3,(H,18,20)(H,21,22)(H,23,24). The molecule has 4 N–H and O–H groups in total. The van der Waals surface area contributed by atoms with Gasteiger partial charge < -0.3 is 15.5 Å². The summed E-state index contributed by atoms with van der Waals surface area (Å²) in [5, 5.41) is 23.3. The maximum Gasteiger partial charge on any atom is 0.321 e. The first kappa shape index (κ1) is 20.4. The topological polar surface area (TPSA) is 116 Å². The number of amides is 1. The summed E-state index contributed by atoms with van der Waals surface area (Å²) in [7, 11) is 0. The molecular formula is C16H21IN2O5. The Hall–Kier alpha value is -1.68. The first-order valence-electron chi connectivity index (χ1n) is 7.58. The Morgan fingerprint density at radius 3 is 2.21 bits per heavy atom. The van der Waals surface area contributed by atoms with E-state index in [0.29, 0.717) is 5.69 Å². The highest BCUT2D eigenvalue weighted by Crippen LogP contribution is 2.18. The van der Waals surface area contributed by atoms with E-state index < -0.39 is 29.9 Å². The van der Waals surface area contributed by atoms with Crippen molar-refractivity contribution in [3.8, 4) is 0 Å². The molecule has 0 aliphatic carbocycles. The molecule has 1 aromatic carbocycles. The van der Waals surface area contributed by atoms with Crippen molar-refractivity contribution < 1.29 is 24.6 Å². The molecule has 24 heavy (non-hydrogen) atoms. The highest BCUT2D eigenvalue weighted by molar-refractivity contribution is 14.1. The molecular weight excluding hydrogens is 427 g/mol. The van der Waals surface area contributed by atoms with E-state index in [9.17, 15) is 19.5 Å². The van der Waals surface area contributed by atoms with Crippen LogP contribution in [-0.2, 0) is 20.8 Å². The lowest BCUT2D eigenvalue weighted by atomic mass is 10.1. The first-order valence-corrected chi connectivity index (χ1v) is 8.66. The molecule has 7 nitrogen and oxygen atoms in total. The van der Waals surface area contributed by atoms with Gasteiger partial charge in [-0.2, -0.15) is 0 Å². The Bertz CT molecular complexity index is 620. The van der Waals surface area contributed by atoms with Crippen molar-refractivity contribution in [3.05, 3.63) is 27.3 Å². The summed E-state index contributed by atoms with van der Waals surface area (Å²) in [6.45, 7) is 3.66. The number of carboxylic acids is 2. The Morgan fingerprint density at radius 2 is 1.75 bits per heavy atom. The van der Waals surface area contributed by atoms with Crippen molar-refractivity contribution in [1.82, 2.24) is 5.32 Å². The highest BCUT2D eigenvalue weighted by atomic mass is 127. The lowest BCUT2D eigenvalue weighted by molar-refractivity contribution is -0.143. The molecule has 0 bridgehead atoms. The number of carbonyl (C=O) groups is 3. The van der Waals surface area contributed by atoms with Gasteiger partial charge in [0.05, 0.1) is 6.42 Å². The van der Waals surface area contributed by atoms with Crippen LogP contribution >= 0.6 is 22.6 Å². The number of rotatable bonds is 9. The van der Waals surface area contributed by atoms with E-state index in [1.165, 1.54) is 0 Å². The number of carbonyl (C=O) groups excluding carboxylic acids is 1. The zero-order valence-corrected chi connectivity index (χ0v) is 15.7. The molecule has 0 saturated carbocycles. The van der Waals surface area contributed by atoms with E-state index >= 15 is 0 Å². The second-order valence-electron chi connectivity index (χ2n) is 5.27. The predicted octanol–water partition coefficient (Wildman–Crippen LogP) is 2.09.